The van der Waals surface area contributed by atoms with Crippen molar-refractivity contribution in [3.05, 3.63) is 41.7 Å². The van der Waals surface area contributed by atoms with Crippen LogP contribution in [0, 0.1) is 0 Å². The molecule has 2 N–H and O–H groups in total. The highest BCUT2D eigenvalue weighted by atomic mass is 32.2. The first-order chi connectivity index (χ1) is 12.8. The molecule has 0 saturated carbocycles. The van der Waals surface area contributed by atoms with Crippen LogP contribution in [0.1, 0.15) is 31.2 Å². The highest BCUT2D eigenvalue weighted by Gasteiger charge is 2.20. The van der Waals surface area contributed by atoms with Crippen LogP contribution in [0.2, 0.25) is 0 Å². The van der Waals surface area contributed by atoms with Crippen molar-refractivity contribution in [1.29, 1.82) is 0 Å². The zero-order valence-corrected chi connectivity index (χ0v) is 15.7. The number of likely N-dealkylation sites (tertiary alicyclic amines) is 1. The number of carbonyl (C=O) groups excluding carboxylic acids is 2. The van der Waals surface area contributed by atoms with Gasteiger partial charge in [-0.05, 0) is 30.5 Å². The Morgan fingerprint density at radius 3 is 2.78 bits per heavy atom. The van der Waals surface area contributed by atoms with Gasteiger partial charge in [0, 0.05) is 25.1 Å². The lowest BCUT2D eigenvalue weighted by molar-refractivity contribution is -0.131. The highest BCUT2D eigenvalue weighted by Crippen LogP contribution is 2.19. The van der Waals surface area contributed by atoms with Gasteiger partial charge in [0.05, 0.1) is 17.0 Å². The van der Waals surface area contributed by atoms with Gasteiger partial charge < -0.3 is 15.4 Å². The fourth-order valence-electron chi connectivity index (χ4n) is 2.86. The van der Waals surface area contributed by atoms with E-state index in [-0.39, 0.29) is 22.7 Å². The molecule has 0 aromatic heterocycles. The maximum absolute atomic E-state index is 12.9. The van der Waals surface area contributed by atoms with Crippen molar-refractivity contribution in [3.63, 3.8) is 0 Å². The summed E-state index contributed by atoms with van der Waals surface area (Å²) < 4.78 is 42.5. The molecule has 148 valence electrons. The van der Waals surface area contributed by atoms with E-state index in [1.165, 1.54) is 12.1 Å². The van der Waals surface area contributed by atoms with Crippen LogP contribution in [0.3, 0.4) is 0 Å². The Hall–Kier alpha value is -2.42. The Morgan fingerprint density at radius 2 is 2.07 bits per heavy atom. The second kappa shape index (κ2) is 9.50. The molecule has 0 radical (unpaired) electrons. The summed E-state index contributed by atoms with van der Waals surface area (Å²) in [5.41, 5.74) is 5.27. The van der Waals surface area contributed by atoms with Gasteiger partial charge in [-0.25, -0.2) is 17.6 Å². The van der Waals surface area contributed by atoms with Crippen molar-refractivity contribution < 1.29 is 27.1 Å². The SMILES string of the molecule is NC(=O)OC/C(=C\F)CS(=O)(=O)c1cccc(CN2CCCCCC2=O)c1. The molecule has 1 aliphatic rings. The number of amides is 2. The summed E-state index contributed by atoms with van der Waals surface area (Å²) in [6.45, 7) is 0.445. The average Bonchev–Trinajstić information content (AvgIpc) is 2.83. The minimum Gasteiger partial charge on any atom is -0.445 e. The van der Waals surface area contributed by atoms with E-state index in [0.717, 1.165) is 19.3 Å². The summed E-state index contributed by atoms with van der Waals surface area (Å²) in [7, 11) is -3.85. The van der Waals surface area contributed by atoms with Gasteiger partial charge in [0.15, 0.2) is 9.84 Å². The van der Waals surface area contributed by atoms with Crippen LogP contribution < -0.4 is 5.73 Å². The third-order valence-corrected chi connectivity index (χ3v) is 5.95. The normalized spacial score (nSPS) is 16.1. The first kappa shape index (κ1) is 20.9. The van der Waals surface area contributed by atoms with Crippen molar-refractivity contribution in [3.8, 4) is 0 Å². The molecule has 2 rings (SSSR count). The Bertz CT molecular complexity index is 823. The number of carbonyl (C=O) groups is 2. The van der Waals surface area contributed by atoms with Crippen molar-refractivity contribution in [1.82, 2.24) is 4.90 Å². The summed E-state index contributed by atoms with van der Waals surface area (Å²) in [6.07, 6.45) is 2.28. The van der Waals surface area contributed by atoms with Gasteiger partial charge in [-0.3, -0.25) is 4.79 Å². The van der Waals surface area contributed by atoms with Gasteiger partial charge >= 0.3 is 6.09 Å². The monoisotopic (exact) mass is 398 g/mol. The summed E-state index contributed by atoms with van der Waals surface area (Å²) >= 11 is 0. The molecular formula is C18H23FN2O5S. The fourth-order valence-corrected chi connectivity index (χ4v) is 4.28. The Balaban J connectivity index is 2.12. The Morgan fingerprint density at radius 1 is 1.30 bits per heavy atom. The lowest BCUT2D eigenvalue weighted by Crippen LogP contribution is -2.29. The minimum atomic E-state index is -3.85. The van der Waals surface area contributed by atoms with Crippen molar-refractivity contribution in [2.24, 2.45) is 5.73 Å². The van der Waals surface area contributed by atoms with Crippen molar-refractivity contribution in [2.75, 3.05) is 18.9 Å². The average molecular weight is 398 g/mol. The molecule has 0 unspecified atom stereocenters. The molecule has 1 aromatic carbocycles. The van der Waals surface area contributed by atoms with Gasteiger partial charge in [0.2, 0.25) is 5.91 Å². The highest BCUT2D eigenvalue weighted by molar-refractivity contribution is 7.91. The van der Waals surface area contributed by atoms with Crippen LogP contribution in [0.5, 0.6) is 0 Å². The fraction of sp³-hybridized carbons (Fsp3) is 0.444. The number of benzene rings is 1. The van der Waals surface area contributed by atoms with Crippen molar-refractivity contribution in [2.45, 2.75) is 37.1 Å². The molecule has 0 atom stereocenters. The molecule has 2 amide bonds. The summed E-state index contributed by atoms with van der Waals surface area (Å²) in [4.78, 5) is 24.5. The predicted molar refractivity (Wildman–Crippen MR) is 97.1 cm³/mol. The third-order valence-electron chi connectivity index (χ3n) is 4.23. The number of nitrogens with two attached hydrogens (primary N) is 1. The number of hydrogen-bond acceptors (Lipinski definition) is 5. The van der Waals surface area contributed by atoms with Crippen molar-refractivity contribution >= 4 is 21.8 Å². The molecule has 0 aliphatic carbocycles. The third kappa shape index (κ3) is 6.35. The number of ether oxygens (including phenoxy) is 1. The largest absolute Gasteiger partial charge is 0.445 e. The smallest absolute Gasteiger partial charge is 0.404 e. The number of primary amides is 1. The molecule has 7 nitrogen and oxygen atoms in total. The summed E-state index contributed by atoms with van der Waals surface area (Å²) in [5.74, 6) is -0.574. The number of rotatable bonds is 7. The lowest BCUT2D eigenvalue weighted by Gasteiger charge is -2.21. The molecule has 1 aromatic rings. The molecule has 1 fully saturated rings. The Kier molecular flexibility index (Phi) is 7.35. The van der Waals surface area contributed by atoms with Crippen LogP contribution in [0.4, 0.5) is 9.18 Å². The molecule has 1 heterocycles. The zero-order chi connectivity index (χ0) is 19.9. The molecule has 0 spiro atoms. The van der Waals surface area contributed by atoms with Gasteiger partial charge in [0.1, 0.15) is 6.61 Å². The standard InChI is InChI=1S/C18H23FN2O5S/c19-10-15(12-26-18(20)23)13-27(24,25)16-6-4-5-14(9-16)11-21-8-3-1-2-7-17(21)22/h4-6,9-10H,1-3,7-8,11-13H2,(H2,20,23)/b15-10+. The summed E-state index contributed by atoms with van der Waals surface area (Å²) in [5, 5.41) is 0. The van der Waals surface area contributed by atoms with Crippen LogP contribution in [0.25, 0.3) is 0 Å². The van der Waals surface area contributed by atoms with Gasteiger partial charge in [-0.1, -0.05) is 18.6 Å². The Labute approximate surface area is 157 Å². The second-order valence-corrected chi connectivity index (χ2v) is 8.40. The van der Waals surface area contributed by atoms with Gasteiger partial charge in [-0.15, -0.1) is 0 Å². The molecular weight excluding hydrogens is 375 g/mol. The van der Waals surface area contributed by atoms with Crippen LogP contribution in [-0.4, -0.2) is 44.2 Å². The van der Waals surface area contributed by atoms with E-state index in [0.29, 0.717) is 25.1 Å². The number of halogens is 1. The molecule has 27 heavy (non-hydrogen) atoms. The van der Waals surface area contributed by atoms with Crippen LogP contribution in [0.15, 0.2) is 41.1 Å². The first-order valence-electron chi connectivity index (χ1n) is 8.61. The number of hydrogen-bond donors (Lipinski definition) is 1. The van der Waals surface area contributed by atoms with E-state index < -0.39 is 28.3 Å². The second-order valence-electron chi connectivity index (χ2n) is 6.41. The minimum absolute atomic E-state index is 0.0145. The predicted octanol–water partition coefficient (Wildman–Crippen LogP) is 2.31. The van der Waals surface area contributed by atoms with E-state index in [9.17, 15) is 22.4 Å². The zero-order valence-electron chi connectivity index (χ0n) is 14.9. The van der Waals surface area contributed by atoms with Crippen LogP contribution >= 0.6 is 0 Å². The number of nitrogens with zero attached hydrogens (tertiary/aromatic N) is 1. The van der Waals surface area contributed by atoms with E-state index in [1.807, 2.05) is 0 Å². The van der Waals surface area contributed by atoms with E-state index in [4.69, 9.17) is 5.73 Å². The van der Waals surface area contributed by atoms with Crippen LogP contribution in [-0.2, 0) is 25.9 Å². The van der Waals surface area contributed by atoms with Gasteiger partial charge in [-0.2, -0.15) is 0 Å². The van der Waals surface area contributed by atoms with E-state index in [1.54, 1.807) is 17.0 Å². The van der Waals surface area contributed by atoms with E-state index in [2.05, 4.69) is 4.74 Å². The maximum Gasteiger partial charge on any atom is 0.404 e. The quantitative estimate of drug-likeness (QED) is 0.758. The lowest BCUT2D eigenvalue weighted by atomic mass is 10.2. The first-order valence-corrected chi connectivity index (χ1v) is 10.3. The molecule has 0 bridgehead atoms. The number of sulfone groups is 1. The molecule has 1 saturated heterocycles. The molecule has 1 aliphatic heterocycles. The topological polar surface area (TPSA) is 107 Å². The molecule has 9 heteroatoms. The summed E-state index contributed by atoms with van der Waals surface area (Å²) in [6, 6.07) is 6.23. The van der Waals surface area contributed by atoms with E-state index >= 15 is 0 Å². The van der Waals surface area contributed by atoms with Gasteiger partial charge in [0.25, 0.3) is 0 Å². The maximum atomic E-state index is 12.9.